The van der Waals surface area contributed by atoms with Crippen LogP contribution in [0.5, 0.6) is 5.75 Å². The van der Waals surface area contributed by atoms with E-state index in [0.717, 1.165) is 35.7 Å². The van der Waals surface area contributed by atoms with Gasteiger partial charge in [0.15, 0.2) is 6.61 Å². The van der Waals surface area contributed by atoms with Gasteiger partial charge in [0.1, 0.15) is 5.75 Å². The van der Waals surface area contributed by atoms with E-state index in [9.17, 15) is 9.59 Å². The Morgan fingerprint density at radius 2 is 1.87 bits per heavy atom. The van der Waals surface area contributed by atoms with Gasteiger partial charge in [-0.05, 0) is 60.7 Å². The fourth-order valence-corrected chi connectivity index (χ4v) is 4.31. The molecule has 2 amide bonds. The Labute approximate surface area is 197 Å². The first-order chi connectivity index (χ1) is 14.8. The first kappa shape index (κ1) is 23.6. The molecular weight excluding hydrogens is 480 g/mol. The van der Waals surface area contributed by atoms with Crippen molar-refractivity contribution in [3.8, 4) is 5.75 Å². The van der Waals surface area contributed by atoms with E-state index in [1.807, 2.05) is 18.2 Å². The summed E-state index contributed by atoms with van der Waals surface area (Å²) < 4.78 is 6.72. The number of nitrogens with one attached hydrogen (secondary N) is 2. The van der Waals surface area contributed by atoms with Crippen molar-refractivity contribution >= 4 is 45.0 Å². The second-order valence-electron chi connectivity index (χ2n) is 8.18. The Morgan fingerprint density at radius 3 is 2.58 bits per heavy atom. The topological polar surface area (TPSA) is 67.4 Å². The number of halogens is 2. The summed E-state index contributed by atoms with van der Waals surface area (Å²) in [5.41, 5.74) is 1.89. The zero-order chi connectivity index (χ0) is 22.4. The molecule has 1 aliphatic carbocycles. The lowest BCUT2D eigenvalue weighted by Gasteiger charge is -2.23. The number of benzene rings is 2. The molecule has 0 radical (unpaired) electrons. The highest BCUT2D eigenvalue weighted by atomic mass is 79.9. The van der Waals surface area contributed by atoms with Crippen LogP contribution in [0.3, 0.4) is 0 Å². The van der Waals surface area contributed by atoms with Crippen LogP contribution in [0.15, 0.2) is 40.9 Å². The summed E-state index contributed by atoms with van der Waals surface area (Å²) in [6.45, 7) is 4.01. The minimum Gasteiger partial charge on any atom is -0.483 e. The molecule has 166 valence electrons. The van der Waals surface area contributed by atoms with Gasteiger partial charge in [0, 0.05) is 16.2 Å². The fraction of sp³-hybridized carbons (Fsp3) is 0.417. The molecule has 0 unspecified atom stereocenters. The van der Waals surface area contributed by atoms with E-state index in [0.29, 0.717) is 22.0 Å². The van der Waals surface area contributed by atoms with Gasteiger partial charge in [-0.15, -0.1) is 0 Å². The molecule has 7 heteroatoms. The number of rotatable bonds is 7. The van der Waals surface area contributed by atoms with Crippen molar-refractivity contribution in [1.82, 2.24) is 5.32 Å². The van der Waals surface area contributed by atoms with Gasteiger partial charge in [0.25, 0.3) is 11.8 Å². The van der Waals surface area contributed by atoms with Crippen LogP contribution in [0, 0.1) is 0 Å². The van der Waals surface area contributed by atoms with Crippen molar-refractivity contribution in [2.45, 2.75) is 57.9 Å². The number of carbonyl (C=O) groups excluding carboxylic acids is 2. The average Bonchev–Trinajstić information content (AvgIpc) is 2.74. The molecule has 1 saturated carbocycles. The average molecular weight is 508 g/mol. The quantitative estimate of drug-likeness (QED) is 0.462. The zero-order valence-electron chi connectivity index (χ0n) is 17.8. The fourth-order valence-electron chi connectivity index (χ4n) is 3.73. The first-order valence-corrected chi connectivity index (χ1v) is 11.8. The van der Waals surface area contributed by atoms with Gasteiger partial charge in [0.2, 0.25) is 0 Å². The summed E-state index contributed by atoms with van der Waals surface area (Å²) in [5.74, 6) is 0.424. The Kier molecular flexibility index (Phi) is 8.38. The Morgan fingerprint density at radius 1 is 1.13 bits per heavy atom. The van der Waals surface area contributed by atoms with Crippen LogP contribution in [-0.4, -0.2) is 24.5 Å². The van der Waals surface area contributed by atoms with Crippen LogP contribution < -0.4 is 15.4 Å². The lowest BCUT2D eigenvalue weighted by molar-refractivity contribution is -0.118. The highest BCUT2D eigenvalue weighted by molar-refractivity contribution is 9.10. The Hall–Kier alpha value is -2.05. The van der Waals surface area contributed by atoms with Gasteiger partial charge in [-0.1, -0.05) is 60.6 Å². The smallest absolute Gasteiger partial charge is 0.262 e. The van der Waals surface area contributed by atoms with E-state index in [2.05, 4.69) is 40.4 Å². The molecule has 2 N–H and O–H groups in total. The van der Waals surface area contributed by atoms with Gasteiger partial charge in [-0.25, -0.2) is 0 Å². The summed E-state index contributed by atoms with van der Waals surface area (Å²) in [7, 11) is 0. The van der Waals surface area contributed by atoms with Crippen molar-refractivity contribution in [3.05, 3.63) is 57.0 Å². The Balaban J connectivity index is 1.61. The molecule has 5 nitrogen and oxygen atoms in total. The third-order valence-electron chi connectivity index (χ3n) is 5.39. The molecule has 1 fully saturated rings. The third-order valence-corrected chi connectivity index (χ3v) is 6.21. The number of anilines is 1. The molecule has 31 heavy (non-hydrogen) atoms. The lowest BCUT2D eigenvalue weighted by atomic mass is 9.95. The number of hydrogen-bond acceptors (Lipinski definition) is 3. The van der Waals surface area contributed by atoms with Crippen molar-refractivity contribution in [3.63, 3.8) is 0 Å². The maximum absolute atomic E-state index is 12.7. The second-order valence-corrected chi connectivity index (χ2v) is 9.50. The first-order valence-electron chi connectivity index (χ1n) is 10.7. The van der Waals surface area contributed by atoms with Crippen molar-refractivity contribution in [2.24, 2.45) is 0 Å². The van der Waals surface area contributed by atoms with E-state index in [1.165, 1.54) is 6.42 Å². The van der Waals surface area contributed by atoms with Gasteiger partial charge in [-0.3, -0.25) is 9.59 Å². The minimum absolute atomic E-state index is 0.131. The highest BCUT2D eigenvalue weighted by Crippen LogP contribution is 2.29. The van der Waals surface area contributed by atoms with Gasteiger partial charge in [-0.2, -0.15) is 0 Å². The molecule has 1 aliphatic rings. The van der Waals surface area contributed by atoms with Crippen LogP contribution in [0.1, 0.15) is 67.8 Å². The number of ether oxygens (including phenoxy) is 1. The molecule has 0 aliphatic heterocycles. The van der Waals surface area contributed by atoms with E-state index in [-0.39, 0.29) is 30.4 Å². The van der Waals surface area contributed by atoms with E-state index < -0.39 is 0 Å². The lowest BCUT2D eigenvalue weighted by Crippen LogP contribution is -2.36. The molecule has 0 atom stereocenters. The monoisotopic (exact) mass is 506 g/mol. The Bertz CT molecular complexity index is 942. The van der Waals surface area contributed by atoms with Crippen LogP contribution >= 0.6 is 27.5 Å². The standard InChI is InChI=1S/C24H28BrClN2O3/c1-15(2)19-12-16(25)8-11-22(19)31-14-23(29)27-18-9-10-21(26)20(13-18)24(30)28-17-6-4-3-5-7-17/h8-13,15,17H,3-7,14H2,1-2H3,(H,27,29)(H,28,30). The van der Waals surface area contributed by atoms with Gasteiger partial charge >= 0.3 is 0 Å². The van der Waals surface area contributed by atoms with Crippen molar-refractivity contribution in [2.75, 3.05) is 11.9 Å². The third kappa shape index (κ3) is 6.71. The molecule has 2 aromatic carbocycles. The van der Waals surface area contributed by atoms with Gasteiger partial charge < -0.3 is 15.4 Å². The summed E-state index contributed by atoms with van der Waals surface area (Å²) >= 11 is 9.71. The van der Waals surface area contributed by atoms with Crippen LogP contribution in [0.4, 0.5) is 5.69 Å². The normalized spacial score (nSPS) is 14.4. The van der Waals surface area contributed by atoms with E-state index >= 15 is 0 Å². The van der Waals surface area contributed by atoms with Gasteiger partial charge in [0.05, 0.1) is 10.6 Å². The highest BCUT2D eigenvalue weighted by Gasteiger charge is 2.19. The molecule has 0 saturated heterocycles. The molecule has 3 rings (SSSR count). The summed E-state index contributed by atoms with van der Waals surface area (Å²) in [4.78, 5) is 25.1. The maximum atomic E-state index is 12.7. The van der Waals surface area contributed by atoms with Crippen LogP contribution in [-0.2, 0) is 4.79 Å². The number of carbonyl (C=O) groups is 2. The number of amides is 2. The molecule has 2 aromatic rings. The molecule has 0 heterocycles. The van der Waals surface area contributed by atoms with E-state index in [1.54, 1.807) is 18.2 Å². The SMILES string of the molecule is CC(C)c1cc(Br)ccc1OCC(=O)Nc1ccc(Cl)c(C(=O)NC2CCCCC2)c1. The summed E-state index contributed by atoms with van der Waals surface area (Å²) in [6.07, 6.45) is 5.46. The van der Waals surface area contributed by atoms with Crippen molar-refractivity contribution < 1.29 is 14.3 Å². The predicted octanol–water partition coefficient (Wildman–Crippen LogP) is 6.31. The summed E-state index contributed by atoms with van der Waals surface area (Å²) in [6, 6.07) is 10.8. The molecule has 0 bridgehead atoms. The maximum Gasteiger partial charge on any atom is 0.262 e. The van der Waals surface area contributed by atoms with E-state index in [4.69, 9.17) is 16.3 Å². The molecule has 0 spiro atoms. The van der Waals surface area contributed by atoms with Crippen molar-refractivity contribution in [1.29, 1.82) is 0 Å². The molecule has 0 aromatic heterocycles. The summed E-state index contributed by atoms with van der Waals surface area (Å²) in [5, 5.41) is 6.21. The minimum atomic E-state index is -0.307. The van der Waals surface area contributed by atoms with Crippen LogP contribution in [0.25, 0.3) is 0 Å². The predicted molar refractivity (Wildman–Crippen MR) is 128 cm³/mol. The van der Waals surface area contributed by atoms with Crippen LogP contribution in [0.2, 0.25) is 5.02 Å². The number of hydrogen-bond donors (Lipinski definition) is 2. The zero-order valence-corrected chi connectivity index (χ0v) is 20.2. The largest absolute Gasteiger partial charge is 0.483 e. The second kappa shape index (κ2) is 11.0. The molecular formula is C24H28BrClN2O3.